The van der Waals surface area contributed by atoms with Crippen LogP contribution in [0.1, 0.15) is 87.1 Å². The van der Waals surface area contributed by atoms with Crippen LogP contribution in [0.15, 0.2) is 97.1 Å². The van der Waals surface area contributed by atoms with Crippen LogP contribution in [0.2, 0.25) is 5.04 Å². The first-order valence-corrected chi connectivity index (χ1v) is 17.4. The van der Waals surface area contributed by atoms with E-state index in [1.807, 2.05) is 97.1 Å². The van der Waals surface area contributed by atoms with Gasteiger partial charge in [0, 0.05) is 11.6 Å². The number of ether oxygens (including phenoxy) is 3. The van der Waals surface area contributed by atoms with Crippen molar-refractivity contribution in [2.45, 2.75) is 78.2 Å². The minimum atomic E-state index is -0.584. The topological polar surface area (TPSA) is 84.7 Å². The van der Waals surface area contributed by atoms with Crippen LogP contribution < -0.4 is 9.47 Å². The Morgan fingerprint density at radius 3 is 1.90 bits per heavy atom. The van der Waals surface area contributed by atoms with Gasteiger partial charge in [0.15, 0.2) is 5.69 Å². The highest BCUT2D eigenvalue weighted by atomic mass is 28.2. The molecule has 1 aromatic heterocycles. The Morgan fingerprint density at radius 1 is 0.796 bits per heavy atom. The van der Waals surface area contributed by atoms with Crippen LogP contribution in [-0.2, 0) is 28.0 Å². The number of rotatable bonds is 13. The van der Waals surface area contributed by atoms with Gasteiger partial charge in [0.05, 0.1) is 12.7 Å². The summed E-state index contributed by atoms with van der Waals surface area (Å²) in [5.41, 5.74) is 5.51. The Balaban J connectivity index is 1.61. The van der Waals surface area contributed by atoms with E-state index >= 15 is 0 Å². The SMILES string of the molecule is COC(=O)c1nnn(-c2cc(C(C)C)c(OCc3ccccc3)cc2OCc2ccccc2)c1-c1ccc(C(C)(C)O[Si]C(C)(C)C)cc1. The summed E-state index contributed by atoms with van der Waals surface area (Å²) in [5.74, 6) is 0.769. The van der Waals surface area contributed by atoms with Gasteiger partial charge in [-0.1, -0.05) is 125 Å². The van der Waals surface area contributed by atoms with Crippen molar-refractivity contribution < 1.29 is 23.4 Å². The van der Waals surface area contributed by atoms with Gasteiger partial charge in [-0.25, -0.2) is 9.48 Å². The summed E-state index contributed by atoms with van der Waals surface area (Å²) < 4.78 is 26.1. The Kier molecular flexibility index (Phi) is 11.0. The molecule has 8 nitrogen and oxygen atoms in total. The van der Waals surface area contributed by atoms with E-state index in [0.717, 1.165) is 27.8 Å². The van der Waals surface area contributed by atoms with Gasteiger partial charge in [0.25, 0.3) is 0 Å². The largest absolute Gasteiger partial charge is 0.488 e. The van der Waals surface area contributed by atoms with E-state index in [2.05, 4.69) is 58.8 Å². The van der Waals surface area contributed by atoms with Crippen LogP contribution in [0.3, 0.4) is 0 Å². The van der Waals surface area contributed by atoms with E-state index in [9.17, 15) is 4.79 Å². The molecule has 0 fully saturated rings. The van der Waals surface area contributed by atoms with Gasteiger partial charge in [-0.05, 0) is 53.1 Å². The van der Waals surface area contributed by atoms with Crippen LogP contribution in [0.4, 0.5) is 0 Å². The summed E-state index contributed by atoms with van der Waals surface area (Å²) >= 11 is 0. The fourth-order valence-electron chi connectivity index (χ4n) is 5.21. The third kappa shape index (κ3) is 8.85. The van der Waals surface area contributed by atoms with Crippen molar-refractivity contribution in [3.05, 3.63) is 125 Å². The zero-order valence-corrected chi connectivity index (χ0v) is 30.6. The van der Waals surface area contributed by atoms with Crippen molar-refractivity contribution in [3.63, 3.8) is 0 Å². The summed E-state index contributed by atoms with van der Waals surface area (Å²) in [7, 11) is 1.67. The first-order chi connectivity index (χ1) is 23.4. The highest BCUT2D eigenvalue weighted by molar-refractivity contribution is 6.31. The van der Waals surface area contributed by atoms with Crippen molar-refractivity contribution in [3.8, 4) is 28.4 Å². The zero-order valence-electron chi connectivity index (χ0n) is 29.6. The number of hydrogen-bond donors (Lipinski definition) is 0. The number of nitrogens with zero attached hydrogens (tertiary/aromatic N) is 3. The van der Waals surface area contributed by atoms with Crippen molar-refractivity contribution in [1.82, 2.24) is 15.0 Å². The molecule has 0 spiro atoms. The Labute approximate surface area is 292 Å². The average Bonchev–Trinajstić information content (AvgIpc) is 3.54. The van der Waals surface area contributed by atoms with E-state index in [0.29, 0.717) is 45.9 Å². The molecule has 254 valence electrons. The molecule has 0 atom stereocenters. The third-order valence-corrected chi connectivity index (χ3v) is 9.16. The Hall–Kier alpha value is -4.73. The van der Waals surface area contributed by atoms with Gasteiger partial charge in [-0.15, -0.1) is 5.10 Å². The van der Waals surface area contributed by atoms with E-state index in [1.165, 1.54) is 7.11 Å². The number of aromatic nitrogens is 3. The van der Waals surface area contributed by atoms with Crippen LogP contribution in [-0.4, -0.2) is 37.8 Å². The van der Waals surface area contributed by atoms with Gasteiger partial charge < -0.3 is 18.6 Å². The van der Waals surface area contributed by atoms with Crippen molar-refractivity contribution >= 4 is 15.7 Å². The van der Waals surface area contributed by atoms with E-state index in [1.54, 1.807) is 4.68 Å². The lowest BCUT2D eigenvalue weighted by molar-refractivity contribution is 0.0594. The maximum atomic E-state index is 13.1. The molecule has 0 unspecified atom stereocenters. The second-order valence-electron chi connectivity index (χ2n) is 13.8. The molecule has 0 saturated heterocycles. The number of carbonyl (C=O) groups is 1. The summed E-state index contributed by atoms with van der Waals surface area (Å²) in [6.07, 6.45) is 0. The van der Waals surface area contributed by atoms with Gasteiger partial charge in [0.2, 0.25) is 9.76 Å². The lowest BCUT2D eigenvalue weighted by Gasteiger charge is -2.29. The first kappa shape index (κ1) is 35.6. The number of carbonyl (C=O) groups excluding carboxylic acids is 1. The van der Waals surface area contributed by atoms with Gasteiger partial charge in [0.1, 0.15) is 36.1 Å². The van der Waals surface area contributed by atoms with Crippen molar-refractivity contribution in [1.29, 1.82) is 0 Å². The molecule has 0 aliphatic rings. The lowest BCUT2D eigenvalue weighted by Crippen LogP contribution is -2.27. The summed E-state index contributed by atoms with van der Waals surface area (Å²) in [4.78, 5) is 13.1. The van der Waals surface area contributed by atoms with Crippen LogP contribution >= 0.6 is 0 Å². The summed E-state index contributed by atoms with van der Waals surface area (Å²) in [6.45, 7) is 15.6. The van der Waals surface area contributed by atoms with E-state index in [4.69, 9.17) is 18.6 Å². The Bertz CT molecular complexity index is 1850. The van der Waals surface area contributed by atoms with Crippen LogP contribution in [0, 0.1) is 0 Å². The van der Waals surface area contributed by atoms with Crippen molar-refractivity contribution in [2.24, 2.45) is 0 Å². The molecule has 0 amide bonds. The van der Waals surface area contributed by atoms with Gasteiger partial charge >= 0.3 is 5.97 Å². The molecule has 0 N–H and O–H groups in total. The molecular weight excluding hydrogens is 631 g/mol. The third-order valence-electron chi connectivity index (χ3n) is 7.93. The second-order valence-corrected chi connectivity index (χ2v) is 15.7. The molecule has 5 aromatic rings. The first-order valence-electron chi connectivity index (χ1n) is 16.5. The Morgan fingerprint density at radius 2 is 1.37 bits per heavy atom. The maximum Gasteiger partial charge on any atom is 0.360 e. The molecular formula is C40H45N3O5Si. The normalized spacial score (nSPS) is 11.9. The fraction of sp³-hybridized carbons (Fsp3) is 0.325. The molecule has 0 aliphatic heterocycles. The maximum absolute atomic E-state index is 13.1. The summed E-state index contributed by atoms with van der Waals surface area (Å²) in [6, 6.07) is 31.9. The number of benzene rings is 4. The van der Waals surface area contributed by atoms with Gasteiger partial charge in [-0.2, -0.15) is 0 Å². The fourth-order valence-corrected chi connectivity index (χ4v) is 5.89. The molecule has 4 aromatic carbocycles. The molecule has 0 aliphatic carbocycles. The van der Waals surface area contributed by atoms with E-state index in [-0.39, 0.29) is 16.7 Å². The molecule has 0 bridgehead atoms. The van der Waals surface area contributed by atoms with Gasteiger partial charge in [-0.3, -0.25) is 0 Å². The van der Waals surface area contributed by atoms with Crippen LogP contribution in [0.5, 0.6) is 11.5 Å². The standard InChI is InChI=1S/C40H45N3O5Si/c1-27(2)32-23-33(35(47-26-29-17-13-10-14-18-29)24-34(32)46-25-28-15-11-9-12-16-28)43-37(36(41-42-43)38(44)45-8)30-19-21-31(22-20-30)40(6,7)48-49-39(3,4)5/h9-24,27H,25-26H2,1-8H3. The highest BCUT2D eigenvalue weighted by Crippen LogP contribution is 2.39. The second kappa shape index (κ2) is 15.2. The van der Waals surface area contributed by atoms with Crippen molar-refractivity contribution in [2.75, 3.05) is 7.11 Å². The molecule has 2 radical (unpaired) electrons. The summed E-state index contributed by atoms with van der Waals surface area (Å²) in [5, 5.41) is 8.91. The minimum Gasteiger partial charge on any atom is -0.488 e. The number of esters is 1. The smallest absolute Gasteiger partial charge is 0.360 e. The predicted octanol–water partition coefficient (Wildman–Crippen LogP) is 9.09. The molecule has 49 heavy (non-hydrogen) atoms. The minimum absolute atomic E-state index is 0.0576. The predicted molar refractivity (Wildman–Crippen MR) is 193 cm³/mol. The molecule has 5 rings (SSSR count). The zero-order chi connectivity index (χ0) is 35.2. The molecule has 1 heterocycles. The molecule has 0 saturated carbocycles. The van der Waals surface area contributed by atoms with E-state index < -0.39 is 11.6 Å². The highest BCUT2D eigenvalue weighted by Gasteiger charge is 2.28. The average molecular weight is 676 g/mol. The quantitative estimate of drug-likeness (QED) is 0.0909. The monoisotopic (exact) mass is 675 g/mol. The number of methoxy groups -OCH3 is 1. The molecule has 9 heteroatoms. The number of hydrogen-bond acceptors (Lipinski definition) is 7. The lowest BCUT2D eigenvalue weighted by atomic mass is 9.96. The van der Waals surface area contributed by atoms with Crippen LogP contribution in [0.25, 0.3) is 16.9 Å².